The van der Waals surface area contributed by atoms with Crippen molar-refractivity contribution in [3.05, 3.63) is 0 Å². The molecule has 138 valence electrons. The summed E-state index contributed by atoms with van der Waals surface area (Å²) < 4.78 is 4.86. The zero-order valence-corrected chi connectivity index (χ0v) is 20.4. The maximum atomic E-state index is 2.70. The predicted octanol–water partition coefficient (Wildman–Crippen LogP) is 5.53. The normalized spacial score (nSPS) is 11.6. The van der Waals surface area contributed by atoms with Crippen LogP contribution >= 0.6 is 0 Å². The molecule has 0 rings (SSSR count). The average molecular weight is 428 g/mol. The molecule has 0 aromatic carbocycles. The number of nitrogens with zero attached hydrogens (tertiary/aromatic N) is 2. The first kappa shape index (κ1) is 23.8. The molecule has 0 spiro atoms. The molecule has 0 radical (unpaired) electrons. The van der Waals surface area contributed by atoms with E-state index in [2.05, 4.69) is 44.4 Å². The molecule has 3 heteroatoms. The van der Waals surface area contributed by atoms with Crippen molar-refractivity contribution < 1.29 is 0 Å². The SMILES string of the molecule is CCCN(CCC)CC[CH2][In]([CH2]C)[CH2]CCN(CCC)CCC. The van der Waals surface area contributed by atoms with Crippen molar-refractivity contribution >= 4 is 21.4 Å². The van der Waals surface area contributed by atoms with Crippen LogP contribution in [0.1, 0.15) is 73.1 Å². The van der Waals surface area contributed by atoms with Crippen LogP contribution in [-0.4, -0.2) is 70.5 Å². The molecular weight excluding hydrogens is 383 g/mol. The Morgan fingerprint density at radius 1 is 0.522 bits per heavy atom. The van der Waals surface area contributed by atoms with Gasteiger partial charge in [-0.05, 0) is 0 Å². The summed E-state index contributed by atoms with van der Waals surface area (Å²) in [6.07, 6.45) is 8.22. The Morgan fingerprint density at radius 2 is 0.870 bits per heavy atom. The molecule has 0 aliphatic carbocycles. The summed E-state index contributed by atoms with van der Waals surface area (Å²) in [4.78, 5) is 5.39. The van der Waals surface area contributed by atoms with Crippen molar-refractivity contribution in [2.75, 3.05) is 39.3 Å². The van der Waals surface area contributed by atoms with Gasteiger partial charge in [0.05, 0.1) is 0 Å². The Balaban J connectivity index is 3.91. The van der Waals surface area contributed by atoms with Gasteiger partial charge in [-0.15, -0.1) is 0 Å². The molecule has 23 heavy (non-hydrogen) atoms. The molecule has 0 aliphatic heterocycles. The Morgan fingerprint density at radius 3 is 1.13 bits per heavy atom. The Bertz CT molecular complexity index is 202. The molecule has 0 saturated carbocycles. The molecule has 0 unspecified atom stereocenters. The van der Waals surface area contributed by atoms with Gasteiger partial charge in [0.1, 0.15) is 0 Å². The van der Waals surface area contributed by atoms with Gasteiger partial charge < -0.3 is 0 Å². The van der Waals surface area contributed by atoms with Crippen LogP contribution in [0.4, 0.5) is 0 Å². The van der Waals surface area contributed by atoms with Gasteiger partial charge in [0.25, 0.3) is 0 Å². The molecule has 0 atom stereocenters. The first-order valence-electron chi connectivity index (χ1n) is 10.7. The predicted molar refractivity (Wildman–Crippen MR) is 109 cm³/mol. The quantitative estimate of drug-likeness (QED) is 0.301. The monoisotopic (exact) mass is 428 g/mol. The summed E-state index contributed by atoms with van der Waals surface area (Å²) in [6, 6.07) is 0. The molecule has 0 saturated heterocycles. The average Bonchev–Trinajstić information content (AvgIpc) is 2.54. The van der Waals surface area contributed by atoms with Crippen molar-refractivity contribution in [2.45, 2.75) is 85.7 Å². The number of rotatable bonds is 17. The van der Waals surface area contributed by atoms with Crippen molar-refractivity contribution in [3.8, 4) is 0 Å². The zero-order valence-electron chi connectivity index (χ0n) is 17.1. The van der Waals surface area contributed by atoms with E-state index in [1.54, 1.807) is 12.5 Å². The topological polar surface area (TPSA) is 6.48 Å². The maximum absolute atomic E-state index is 2.70. The zero-order chi connectivity index (χ0) is 17.3. The van der Waals surface area contributed by atoms with Crippen LogP contribution < -0.4 is 0 Å². The molecule has 0 aliphatic rings. The van der Waals surface area contributed by atoms with Crippen LogP contribution in [0.2, 0.25) is 12.5 Å². The molecule has 0 N–H and O–H groups in total. The van der Waals surface area contributed by atoms with Crippen LogP contribution in [0, 0.1) is 0 Å². The summed E-state index contributed by atoms with van der Waals surface area (Å²) in [6.45, 7) is 19.7. The van der Waals surface area contributed by atoms with Crippen LogP contribution in [0.5, 0.6) is 0 Å². The third-order valence-corrected chi connectivity index (χ3v) is 15.2. The van der Waals surface area contributed by atoms with E-state index in [0.29, 0.717) is 0 Å². The van der Waals surface area contributed by atoms with Gasteiger partial charge in [-0.1, -0.05) is 0 Å². The van der Waals surface area contributed by atoms with Gasteiger partial charge in [0.2, 0.25) is 0 Å². The van der Waals surface area contributed by atoms with Gasteiger partial charge in [0.15, 0.2) is 0 Å². The van der Waals surface area contributed by atoms with Crippen molar-refractivity contribution in [3.63, 3.8) is 0 Å². The van der Waals surface area contributed by atoms with E-state index in [9.17, 15) is 0 Å². The minimum atomic E-state index is -1.19. The minimum absolute atomic E-state index is 1.19. The first-order valence-corrected chi connectivity index (χ1v) is 17.6. The van der Waals surface area contributed by atoms with E-state index in [0.717, 1.165) is 0 Å². The van der Waals surface area contributed by atoms with E-state index >= 15 is 0 Å². The van der Waals surface area contributed by atoms with Gasteiger partial charge in [0, 0.05) is 0 Å². The standard InChI is InChI=1S/2C9H20N.C2H5.In/c2*1-4-7-10(8-5-2)9-6-3;1-2;/h2*1,4-9H2,2-3H3;1H2,2H3;. The molecule has 0 amide bonds. The molecule has 0 aromatic heterocycles. The summed E-state index contributed by atoms with van der Waals surface area (Å²) in [5.41, 5.74) is 0. The molecule has 2 nitrogen and oxygen atoms in total. The van der Waals surface area contributed by atoms with E-state index in [1.807, 2.05) is 0 Å². The number of hydrogen-bond acceptors (Lipinski definition) is 2. The summed E-state index contributed by atoms with van der Waals surface area (Å²) >= 11 is -1.19. The van der Waals surface area contributed by atoms with Crippen LogP contribution in [-0.2, 0) is 0 Å². The van der Waals surface area contributed by atoms with Gasteiger partial charge >= 0.3 is 156 Å². The van der Waals surface area contributed by atoms with Crippen molar-refractivity contribution in [1.29, 1.82) is 0 Å². The third kappa shape index (κ3) is 13.7. The number of hydrogen-bond donors (Lipinski definition) is 0. The summed E-state index contributed by atoms with van der Waals surface area (Å²) in [5.74, 6) is 0. The van der Waals surface area contributed by atoms with Crippen molar-refractivity contribution in [1.82, 2.24) is 9.80 Å². The molecule has 0 bridgehead atoms. The molecule has 0 heterocycles. The van der Waals surface area contributed by atoms with E-state index in [1.165, 1.54) is 77.8 Å². The van der Waals surface area contributed by atoms with Crippen LogP contribution in [0.3, 0.4) is 0 Å². The second-order valence-corrected chi connectivity index (χ2v) is 17.8. The van der Waals surface area contributed by atoms with E-state index in [4.69, 9.17) is 0 Å². The molecule has 0 fully saturated rings. The van der Waals surface area contributed by atoms with Gasteiger partial charge in [-0.3, -0.25) is 0 Å². The fraction of sp³-hybridized carbons (Fsp3) is 1.00. The van der Waals surface area contributed by atoms with Gasteiger partial charge in [-0.25, -0.2) is 0 Å². The van der Waals surface area contributed by atoms with Crippen molar-refractivity contribution in [2.24, 2.45) is 0 Å². The second-order valence-electron chi connectivity index (χ2n) is 7.24. The van der Waals surface area contributed by atoms with Crippen LogP contribution in [0.25, 0.3) is 0 Å². The second kappa shape index (κ2) is 17.6. The molecule has 0 aromatic rings. The Labute approximate surface area is 155 Å². The van der Waals surface area contributed by atoms with Crippen LogP contribution in [0.15, 0.2) is 0 Å². The molecular formula is C20H45InN2. The van der Waals surface area contributed by atoms with E-state index in [-0.39, 0.29) is 0 Å². The first-order chi connectivity index (χ1) is 11.2. The Kier molecular flexibility index (Phi) is 18.2. The summed E-state index contributed by atoms with van der Waals surface area (Å²) in [7, 11) is 0. The fourth-order valence-electron chi connectivity index (χ4n) is 3.70. The third-order valence-electron chi connectivity index (χ3n) is 4.91. The Hall–Kier alpha value is 0.790. The van der Waals surface area contributed by atoms with Gasteiger partial charge in [-0.2, -0.15) is 0 Å². The fourth-order valence-corrected chi connectivity index (χ4v) is 11.2. The van der Waals surface area contributed by atoms with E-state index < -0.39 is 21.4 Å². The summed E-state index contributed by atoms with van der Waals surface area (Å²) in [5, 5.41) is 0.